The van der Waals surface area contributed by atoms with Gasteiger partial charge in [-0.2, -0.15) is 0 Å². The number of unbranched alkanes of at least 4 members (excludes halogenated alkanes) is 8. The highest BCUT2D eigenvalue weighted by atomic mass is 14.1. The largest absolute Gasteiger partial charge is 0.0602 e. The van der Waals surface area contributed by atoms with Gasteiger partial charge < -0.3 is 0 Å². The molecule has 0 heteroatoms. The van der Waals surface area contributed by atoms with E-state index < -0.39 is 0 Å². The highest BCUT2D eigenvalue weighted by molar-refractivity contribution is 4.61. The van der Waals surface area contributed by atoms with Crippen molar-refractivity contribution < 1.29 is 0 Å². The topological polar surface area (TPSA) is 0 Å². The lowest BCUT2D eigenvalue weighted by molar-refractivity contribution is 0.356. The summed E-state index contributed by atoms with van der Waals surface area (Å²) in [5.74, 6) is 0. The second-order valence-electron chi connectivity index (χ2n) is 5.99. The Bertz CT molecular complexity index is 118. The lowest BCUT2D eigenvalue weighted by Crippen LogP contribution is -2.03. The first kappa shape index (κ1) is 15.0. The predicted octanol–water partition coefficient (Wildman–Crippen LogP) is 5.77. The first-order valence-corrected chi connectivity index (χ1v) is 6.85. The zero-order valence-corrected chi connectivity index (χ0v) is 11.3. The Morgan fingerprint density at radius 1 is 0.667 bits per heavy atom. The Morgan fingerprint density at radius 2 is 1.07 bits per heavy atom. The maximum atomic E-state index is 3.87. The van der Waals surface area contributed by atoms with Crippen LogP contribution in [0.4, 0.5) is 0 Å². The van der Waals surface area contributed by atoms with E-state index in [2.05, 4.69) is 27.7 Å². The maximum Gasteiger partial charge on any atom is -0.0383 e. The lowest BCUT2D eigenvalue weighted by atomic mass is 9.89. The molecule has 0 bridgehead atoms. The molecule has 0 rings (SSSR count). The molecule has 0 fully saturated rings. The summed E-state index contributed by atoms with van der Waals surface area (Å²) in [6.45, 7) is 10.9. The average Bonchev–Trinajstić information content (AvgIpc) is 2.14. The van der Waals surface area contributed by atoms with Crippen LogP contribution in [0.15, 0.2) is 0 Å². The summed E-state index contributed by atoms with van der Waals surface area (Å²) in [5.41, 5.74) is 0.536. The van der Waals surface area contributed by atoms with E-state index in [0.29, 0.717) is 5.41 Å². The third-order valence-corrected chi connectivity index (χ3v) is 2.93. The molecule has 1 radical (unpaired) electrons. The smallest absolute Gasteiger partial charge is 0.0383 e. The van der Waals surface area contributed by atoms with Crippen LogP contribution < -0.4 is 0 Å². The maximum absolute atomic E-state index is 3.87. The van der Waals surface area contributed by atoms with E-state index in [1.165, 1.54) is 57.8 Å². The quantitative estimate of drug-likeness (QED) is 0.425. The molecule has 0 unspecified atom stereocenters. The highest BCUT2D eigenvalue weighted by Crippen LogP contribution is 2.22. The van der Waals surface area contributed by atoms with Crippen LogP contribution in [0, 0.1) is 12.3 Å². The molecule has 91 valence electrons. The first-order chi connectivity index (χ1) is 7.06. The Morgan fingerprint density at radius 3 is 1.47 bits per heavy atom. The summed E-state index contributed by atoms with van der Waals surface area (Å²) in [6.07, 6.45) is 13.8. The molecular weight excluding hydrogens is 180 g/mol. The van der Waals surface area contributed by atoms with Gasteiger partial charge in [-0.3, -0.25) is 0 Å². The molecule has 0 saturated heterocycles. The van der Waals surface area contributed by atoms with Crippen molar-refractivity contribution in [1.82, 2.24) is 0 Å². The number of hydrogen-bond donors (Lipinski definition) is 0. The Kier molecular flexibility index (Phi) is 9.24. The number of rotatable bonds is 9. The first-order valence-electron chi connectivity index (χ1n) is 6.85. The van der Waals surface area contributed by atoms with E-state index in [1.54, 1.807) is 0 Å². The van der Waals surface area contributed by atoms with E-state index in [-0.39, 0.29) is 0 Å². The molecule has 0 nitrogen and oxygen atoms in total. The van der Waals surface area contributed by atoms with Crippen molar-refractivity contribution >= 4 is 0 Å². The molecule has 0 aliphatic heterocycles. The van der Waals surface area contributed by atoms with E-state index in [9.17, 15) is 0 Å². The minimum atomic E-state index is 0.536. The molecule has 0 aromatic carbocycles. The van der Waals surface area contributed by atoms with Gasteiger partial charge in [-0.1, -0.05) is 85.5 Å². The zero-order valence-electron chi connectivity index (χ0n) is 11.3. The summed E-state index contributed by atoms with van der Waals surface area (Å²) in [5, 5.41) is 0. The van der Waals surface area contributed by atoms with Gasteiger partial charge in [0.05, 0.1) is 0 Å². The van der Waals surface area contributed by atoms with Gasteiger partial charge in [0.15, 0.2) is 0 Å². The van der Waals surface area contributed by atoms with E-state index in [0.717, 1.165) is 6.42 Å². The van der Waals surface area contributed by atoms with Gasteiger partial charge in [0.1, 0.15) is 0 Å². The summed E-state index contributed by atoms with van der Waals surface area (Å²) in [7, 11) is 0. The summed E-state index contributed by atoms with van der Waals surface area (Å²) < 4.78 is 0. The van der Waals surface area contributed by atoms with E-state index in [4.69, 9.17) is 0 Å². The molecule has 0 aromatic rings. The van der Waals surface area contributed by atoms with Gasteiger partial charge in [-0.15, -0.1) is 0 Å². The van der Waals surface area contributed by atoms with Crippen LogP contribution in [-0.4, -0.2) is 0 Å². The fourth-order valence-electron chi connectivity index (χ4n) is 1.89. The standard InChI is InChI=1S/C15H31/c1-5-6-7-8-9-10-11-12-13-14-15(2,3)4/h1,5-14H2,2-4H3. The van der Waals surface area contributed by atoms with Crippen molar-refractivity contribution in [3.8, 4) is 0 Å². The normalized spacial score (nSPS) is 12.0. The van der Waals surface area contributed by atoms with Crippen LogP contribution in [0.1, 0.15) is 85.0 Å². The van der Waals surface area contributed by atoms with Gasteiger partial charge in [0.2, 0.25) is 0 Å². The molecule has 0 atom stereocenters. The second kappa shape index (κ2) is 9.24. The lowest BCUT2D eigenvalue weighted by Gasteiger charge is -2.17. The zero-order chi connectivity index (χ0) is 11.6. The van der Waals surface area contributed by atoms with Crippen LogP contribution >= 0.6 is 0 Å². The van der Waals surface area contributed by atoms with Crippen LogP contribution in [0.3, 0.4) is 0 Å². The third-order valence-electron chi connectivity index (χ3n) is 2.93. The minimum Gasteiger partial charge on any atom is -0.0602 e. The van der Waals surface area contributed by atoms with Gasteiger partial charge in [-0.05, 0) is 11.8 Å². The van der Waals surface area contributed by atoms with Crippen molar-refractivity contribution in [3.05, 3.63) is 6.92 Å². The predicted molar refractivity (Wildman–Crippen MR) is 71.0 cm³/mol. The van der Waals surface area contributed by atoms with Crippen LogP contribution in [0.2, 0.25) is 0 Å². The Hall–Kier alpha value is 0. The van der Waals surface area contributed by atoms with Crippen molar-refractivity contribution in [2.24, 2.45) is 5.41 Å². The Labute approximate surface area is 97.8 Å². The fraction of sp³-hybridized carbons (Fsp3) is 0.933. The van der Waals surface area contributed by atoms with Gasteiger partial charge >= 0.3 is 0 Å². The molecule has 0 N–H and O–H groups in total. The molecule has 15 heavy (non-hydrogen) atoms. The molecule has 0 aromatic heterocycles. The van der Waals surface area contributed by atoms with Crippen LogP contribution in [0.25, 0.3) is 0 Å². The van der Waals surface area contributed by atoms with Crippen molar-refractivity contribution in [1.29, 1.82) is 0 Å². The van der Waals surface area contributed by atoms with Gasteiger partial charge in [0, 0.05) is 0 Å². The van der Waals surface area contributed by atoms with Crippen molar-refractivity contribution in [3.63, 3.8) is 0 Å². The monoisotopic (exact) mass is 211 g/mol. The van der Waals surface area contributed by atoms with Gasteiger partial charge in [0.25, 0.3) is 0 Å². The molecule has 0 amide bonds. The number of hydrogen-bond acceptors (Lipinski definition) is 0. The third kappa shape index (κ3) is 14.0. The summed E-state index contributed by atoms with van der Waals surface area (Å²) >= 11 is 0. The van der Waals surface area contributed by atoms with E-state index in [1.807, 2.05) is 0 Å². The summed E-state index contributed by atoms with van der Waals surface area (Å²) in [6, 6.07) is 0. The molecule has 0 spiro atoms. The highest BCUT2D eigenvalue weighted by Gasteiger charge is 2.08. The molecule has 0 heterocycles. The van der Waals surface area contributed by atoms with Crippen molar-refractivity contribution in [2.45, 2.75) is 85.0 Å². The fourth-order valence-corrected chi connectivity index (χ4v) is 1.89. The van der Waals surface area contributed by atoms with Gasteiger partial charge in [-0.25, -0.2) is 0 Å². The van der Waals surface area contributed by atoms with Crippen LogP contribution in [-0.2, 0) is 0 Å². The van der Waals surface area contributed by atoms with Crippen molar-refractivity contribution in [2.75, 3.05) is 0 Å². The molecule has 0 aliphatic rings. The molecule has 0 aliphatic carbocycles. The average molecular weight is 211 g/mol. The molecule has 0 saturated carbocycles. The van der Waals surface area contributed by atoms with E-state index >= 15 is 0 Å². The SMILES string of the molecule is [CH2]CCCCCCCCCCC(C)(C)C. The van der Waals surface area contributed by atoms with Crippen LogP contribution in [0.5, 0.6) is 0 Å². The second-order valence-corrected chi connectivity index (χ2v) is 5.99. The molecular formula is C15H31. The Balaban J connectivity index is 2.99. The summed E-state index contributed by atoms with van der Waals surface area (Å²) in [4.78, 5) is 0. The minimum absolute atomic E-state index is 0.536.